The Morgan fingerprint density at radius 3 is 2.81 bits per heavy atom. The quantitative estimate of drug-likeness (QED) is 0.908. The van der Waals surface area contributed by atoms with Crippen molar-refractivity contribution in [3.63, 3.8) is 0 Å². The van der Waals surface area contributed by atoms with E-state index in [2.05, 4.69) is 23.6 Å². The molecule has 2 aromatic carbocycles. The third-order valence-corrected chi connectivity index (χ3v) is 4.41. The van der Waals surface area contributed by atoms with Gasteiger partial charge in [0.15, 0.2) is 0 Å². The van der Waals surface area contributed by atoms with Crippen molar-refractivity contribution in [2.45, 2.75) is 25.8 Å². The minimum Gasteiger partial charge on any atom is -0.349 e. The van der Waals surface area contributed by atoms with Gasteiger partial charge in [-0.2, -0.15) is 0 Å². The summed E-state index contributed by atoms with van der Waals surface area (Å²) in [6, 6.07) is 14.2. The first-order valence-electron chi connectivity index (χ1n) is 7.74. The van der Waals surface area contributed by atoms with Gasteiger partial charge in [0.1, 0.15) is 0 Å². The van der Waals surface area contributed by atoms with E-state index in [0.29, 0.717) is 5.92 Å². The molecule has 2 N–H and O–H groups in total. The van der Waals surface area contributed by atoms with Gasteiger partial charge in [-0.15, -0.1) is 0 Å². The monoisotopic (exact) mass is 282 g/mol. The van der Waals surface area contributed by atoms with Crippen LogP contribution in [-0.4, -0.2) is 25.0 Å². The molecule has 0 radical (unpaired) electrons. The lowest BCUT2D eigenvalue weighted by Crippen LogP contribution is -2.44. The predicted octanol–water partition coefficient (Wildman–Crippen LogP) is 2.96. The Balaban J connectivity index is 1.71. The summed E-state index contributed by atoms with van der Waals surface area (Å²) in [7, 11) is 0. The molecule has 1 heterocycles. The van der Waals surface area contributed by atoms with Crippen LogP contribution in [0.5, 0.6) is 0 Å². The van der Waals surface area contributed by atoms with E-state index in [1.165, 1.54) is 18.2 Å². The van der Waals surface area contributed by atoms with Crippen molar-refractivity contribution in [3.8, 4) is 0 Å². The third kappa shape index (κ3) is 3.24. The van der Waals surface area contributed by atoms with E-state index in [4.69, 9.17) is 0 Å². The molecule has 3 rings (SSSR count). The number of carbonyl (C=O) groups excluding carboxylic acids is 1. The van der Waals surface area contributed by atoms with Crippen molar-refractivity contribution in [2.75, 3.05) is 13.1 Å². The lowest BCUT2D eigenvalue weighted by atomic mass is 9.92. The highest BCUT2D eigenvalue weighted by molar-refractivity contribution is 5.98. The molecule has 0 saturated carbocycles. The van der Waals surface area contributed by atoms with E-state index in [1.807, 2.05) is 36.4 Å². The number of nitrogens with one attached hydrogen (secondary N) is 2. The van der Waals surface area contributed by atoms with Gasteiger partial charge >= 0.3 is 0 Å². The van der Waals surface area contributed by atoms with E-state index in [-0.39, 0.29) is 11.9 Å². The minimum absolute atomic E-state index is 0.0267. The standard InChI is InChI=1S/C18H22N2O/c1-13(17-7-4-10-19-12-17)20-18(21)16-9-8-14-5-2-3-6-15(14)11-16/h2-3,5-6,8-9,11,13,17,19H,4,7,10,12H2,1H3,(H,20,21). The Bertz CT molecular complexity index is 632. The lowest BCUT2D eigenvalue weighted by molar-refractivity contribution is 0.0922. The number of benzene rings is 2. The first kappa shape index (κ1) is 14.1. The molecule has 0 aliphatic carbocycles. The molecule has 0 bridgehead atoms. The smallest absolute Gasteiger partial charge is 0.251 e. The van der Waals surface area contributed by atoms with Gasteiger partial charge in [-0.1, -0.05) is 30.3 Å². The first-order valence-corrected chi connectivity index (χ1v) is 7.74. The van der Waals surface area contributed by atoms with Crippen LogP contribution in [-0.2, 0) is 0 Å². The van der Waals surface area contributed by atoms with Gasteiger partial charge in [-0.3, -0.25) is 4.79 Å². The summed E-state index contributed by atoms with van der Waals surface area (Å²) in [6.07, 6.45) is 2.38. The van der Waals surface area contributed by atoms with E-state index in [9.17, 15) is 4.79 Å². The lowest BCUT2D eigenvalue weighted by Gasteiger charge is -2.29. The summed E-state index contributed by atoms with van der Waals surface area (Å²) in [5.41, 5.74) is 0.740. The summed E-state index contributed by atoms with van der Waals surface area (Å²) >= 11 is 0. The molecule has 2 atom stereocenters. The van der Waals surface area contributed by atoms with Crippen LogP contribution in [0, 0.1) is 5.92 Å². The topological polar surface area (TPSA) is 41.1 Å². The molecule has 1 amide bonds. The largest absolute Gasteiger partial charge is 0.349 e. The van der Waals surface area contributed by atoms with Crippen LogP contribution in [0.1, 0.15) is 30.1 Å². The molecule has 2 unspecified atom stereocenters. The summed E-state index contributed by atoms with van der Waals surface area (Å²) < 4.78 is 0. The SMILES string of the molecule is CC(NC(=O)c1ccc2ccccc2c1)C1CCCNC1. The molecular formula is C18H22N2O. The Hall–Kier alpha value is -1.87. The van der Waals surface area contributed by atoms with Crippen molar-refractivity contribution in [1.82, 2.24) is 10.6 Å². The third-order valence-electron chi connectivity index (χ3n) is 4.41. The molecule has 21 heavy (non-hydrogen) atoms. The zero-order valence-electron chi connectivity index (χ0n) is 12.4. The molecule has 1 saturated heterocycles. The number of rotatable bonds is 3. The van der Waals surface area contributed by atoms with Crippen LogP contribution < -0.4 is 10.6 Å². The Kier molecular flexibility index (Phi) is 4.20. The maximum atomic E-state index is 12.4. The highest BCUT2D eigenvalue weighted by Crippen LogP contribution is 2.17. The van der Waals surface area contributed by atoms with Crippen LogP contribution in [0.25, 0.3) is 10.8 Å². The minimum atomic E-state index is 0.0267. The maximum Gasteiger partial charge on any atom is 0.251 e. The van der Waals surface area contributed by atoms with Gasteiger partial charge in [-0.25, -0.2) is 0 Å². The Morgan fingerprint density at radius 1 is 1.24 bits per heavy atom. The van der Waals surface area contributed by atoms with E-state index in [0.717, 1.165) is 24.0 Å². The fraction of sp³-hybridized carbons (Fsp3) is 0.389. The molecule has 3 nitrogen and oxygen atoms in total. The average molecular weight is 282 g/mol. The van der Waals surface area contributed by atoms with Crippen LogP contribution in [0.15, 0.2) is 42.5 Å². The Morgan fingerprint density at radius 2 is 2.05 bits per heavy atom. The maximum absolute atomic E-state index is 12.4. The second-order valence-corrected chi connectivity index (χ2v) is 5.93. The zero-order chi connectivity index (χ0) is 14.7. The number of carbonyl (C=O) groups is 1. The normalized spacial score (nSPS) is 20.1. The van der Waals surface area contributed by atoms with E-state index >= 15 is 0 Å². The summed E-state index contributed by atoms with van der Waals surface area (Å²) in [5, 5.41) is 8.83. The fourth-order valence-corrected chi connectivity index (χ4v) is 3.04. The van der Waals surface area contributed by atoms with Gasteiger partial charge in [-0.05, 0) is 61.7 Å². The van der Waals surface area contributed by atoms with E-state index in [1.54, 1.807) is 0 Å². The second kappa shape index (κ2) is 6.27. The highest BCUT2D eigenvalue weighted by atomic mass is 16.1. The molecule has 1 aliphatic rings. The average Bonchev–Trinajstić information content (AvgIpc) is 2.55. The van der Waals surface area contributed by atoms with Crippen molar-refractivity contribution >= 4 is 16.7 Å². The number of amides is 1. The summed E-state index contributed by atoms with van der Waals surface area (Å²) in [4.78, 5) is 12.4. The summed E-state index contributed by atoms with van der Waals surface area (Å²) in [5.74, 6) is 0.557. The highest BCUT2D eigenvalue weighted by Gasteiger charge is 2.21. The Labute approximate surface area is 125 Å². The van der Waals surface area contributed by atoms with Gasteiger partial charge in [0.2, 0.25) is 0 Å². The van der Waals surface area contributed by atoms with Gasteiger partial charge in [0.05, 0.1) is 0 Å². The molecular weight excluding hydrogens is 260 g/mol. The number of hydrogen-bond acceptors (Lipinski definition) is 2. The van der Waals surface area contributed by atoms with Crippen LogP contribution in [0.4, 0.5) is 0 Å². The van der Waals surface area contributed by atoms with Gasteiger partial charge in [0.25, 0.3) is 5.91 Å². The van der Waals surface area contributed by atoms with Crippen LogP contribution >= 0.6 is 0 Å². The molecule has 0 aromatic heterocycles. The van der Waals surface area contributed by atoms with Crippen molar-refractivity contribution in [3.05, 3.63) is 48.0 Å². The van der Waals surface area contributed by atoms with Crippen molar-refractivity contribution in [1.29, 1.82) is 0 Å². The molecule has 1 aliphatic heterocycles. The van der Waals surface area contributed by atoms with Crippen molar-refractivity contribution < 1.29 is 4.79 Å². The molecule has 3 heteroatoms. The fourth-order valence-electron chi connectivity index (χ4n) is 3.04. The van der Waals surface area contributed by atoms with Gasteiger partial charge in [0, 0.05) is 11.6 Å². The number of fused-ring (bicyclic) bond motifs is 1. The zero-order valence-corrected chi connectivity index (χ0v) is 12.4. The number of hydrogen-bond donors (Lipinski definition) is 2. The molecule has 2 aromatic rings. The predicted molar refractivity (Wildman–Crippen MR) is 86.5 cm³/mol. The number of piperidine rings is 1. The molecule has 1 fully saturated rings. The van der Waals surface area contributed by atoms with Gasteiger partial charge < -0.3 is 10.6 Å². The first-order chi connectivity index (χ1) is 10.2. The second-order valence-electron chi connectivity index (χ2n) is 5.93. The van der Waals surface area contributed by atoms with Crippen LogP contribution in [0.2, 0.25) is 0 Å². The summed E-state index contributed by atoms with van der Waals surface area (Å²) in [6.45, 7) is 4.21. The van der Waals surface area contributed by atoms with Crippen LogP contribution in [0.3, 0.4) is 0 Å². The molecule has 0 spiro atoms. The molecule has 110 valence electrons. The van der Waals surface area contributed by atoms with Crippen molar-refractivity contribution in [2.24, 2.45) is 5.92 Å². The van der Waals surface area contributed by atoms with E-state index < -0.39 is 0 Å².